The summed E-state index contributed by atoms with van der Waals surface area (Å²) in [5.74, 6) is -1.54. The number of carboxylic acids is 1. The van der Waals surface area contributed by atoms with Crippen molar-refractivity contribution >= 4 is 29.1 Å². The molecule has 0 amide bonds. The monoisotopic (exact) mass is 320 g/mol. The van der Waals surface area contributed by atoms with Gasteiger partial charge in [-0.3, -0.25) is 4.79 Å². The number of aliphatic carboxylic acids is 1. The number of rotatable bonds is 4. The minimum absolute atomic E-state index is 0.134. The van der Waals surface area contributed by atoms with Crippen molar-refractivity contribution in [2.24, 2.45) is 0 Å². The van der Waals surface area contributed by atoms with Gasteiger partial charge in [-0.15, -0.1) is 11.3 Å². The number of carboxylic acid groups (broad SMARTS) is 1. The zero-order valence-electron chi connectivity index (χ0n) is 9.72. The average Bonchev–Trinajstić information content (AvgIpc) is 2.89. The summed E-state index contributed by atoms with van der Waals surface area (Å²) in [5, 5.41) is 10.1. The second-order valence-corrected chi connectivity index (χ2v) is 5.47. The first-order valence-electron chi connectivity index (χ1n) is 5.21. The second-order valence-electron chi connectivity index (χ2n) is 3.58. The predicted molar refractivity (Wildman–Crippen MR) is 68.7 cm³/mol. The standard InChI is InChI=1S/C11H7F3N2O2S2/c12-11(13,14)8-4-6(7-2-1-3-19-7)15-10(16-8)20-5-9(17)18/h1-4H,5H2,(H,17,18). The lowest BCUT2D eigenvalue weighted by Gasteiger charge is -2.09. The summed E-state index contributed by atoms with van der Waals surface area (Å²) in [4.78, 5) is 18.4. The van der Waals surface area contributed by atoms with Gasteiger partial charge in [0.15, 0.2) is 5.16 Å². The SMILES string of the molecule is O=C(O)CSc1nc(-c2cccs2)cc(C(F)(F)F)n1. The normalized spacial score (nSPS) is 11.6. The van der Waals surface area contributed by atoms with Crippen LogP contribution in [0.25, 0.3) is 10.6 Å². The Morgan fingerprint density at radius 1 is 1.40 bits per heavy atom. The third-order valence-electron chi connectivity index (χ3n) is 2.09. The third kappa shape index (κ3) is 3.70. The van der Waals surface area contributed by atoms with Gasteiger partial charge in [0.05, 0.1) is 16.3 Å². The molecule has 0 radical (unpaired) electrons. The van der Waals surface area contributed by atoms with Crippen molar-refractivity contribution in [3.05, 3.63) is 29.3 Å². The van der Waals surface area contributed by atoms with Crippen molar-refractivity contribution in [2.45, 2.75) is 11.3 Å². The molecule has 0 bridgehead atoms. The minimum Gasteiger partial charge on any atom is -0.481 e. The number of halogens is 3. The molecule has 0 atom stereocenters. The van der Waals surface area contributed by atoms with Crippen LogP contribution in [-0.4, -0.2) is 26.8 Å². The molecular weight excluding hydrogens is 313 g/mol. The molecule has 2 aromatic heterocycles. The van der Waals surface area contributed by atoms with E-state index in [2.05, 4.69) is 9.97 Å². The van der Waals surface area contributed by atoms with Gasteiger partial charge in [-0.1, -0.05) is 17.8 Å². The maximum Gasteiger partial charge on any atom is 0.433 e. The quantitative estimate of drug-likeness (QED) is 0.691. The van der Waals surface area contributed by atoms with Crippen molar-refractivity contribution in [3.63, 3.8) is 0 Å². The molecule has 0 aromatic carbocycles. The Hall–Kier alpha value is -1.61. The van der Waals surface area contributed by atoms with E-state index >= 15 is 0 Å². The number of hydrogen-bond acceptors (Lipinski definition) is 5. The summed E-state index contributed by atoms with van der Waals surface area (Å²) in [7, 11) is 0. The van der Waals surface area contributed by atoms with Crippen molar-refractivity contribution in [2.75, 3.05) is 5.75 Å². The maximum absolute atomic E-state index is 12.8. The molecule has 2 aromatic rings. The molecule has 0 fully saturated rings. The Morgan fingerprint density at radius 2 is 2.15 bits per heavy atom. The van der Waals surface area contributed by atoms with Crippen molar-refractivity contribution in [1.29, 1.82) is 0 Å². The molecule has 0 unspecified atom stereocenters. The Labute approximate surface area is 119 Å². The van der Waals surface area contributed by atoms with E-state index in [0.29, 0.717) is 16.6 Å². The largest absolute Gasteiger partial charge is 0.481 e. The molecule has 0 aliphatic rings. The predicted octanol–water partition coefficient (Wildman–Crippen LogP) is 3.40. The van der Waals surface area contributed by atoms with E-state index < -0.39 is 23.6 Å². The highest BCUT2D eigenvalue weighted by molar-refractivity contribution is 7.99. The van der Waals surface area contributed by atoms with Gasteiger partial charge in [0, 0.05) is 0 Å². The van der Waals surface area contributed by atoms with Crippen molar-refractivity contribution in [3.8, 4) is 10.6 Å². The van der Waals surface area contributed by atoms with E-state index in [0.717, 1.165) is 6.07 Å². The third-order valence-corrected chi connectivity index (χ3v) is 3.82. The first-order chi connectivity index (χ1) is 9.36. The first-order valence-corrected chi connectivity index (χ1v) is 7.07. The molecule has 0 aliphatic carbocycles. The molecule has 9 heteroatoms. The lowest BCUT2D eigenvalue weighted by Crippen LogP contribution is -2.10. The van der Waals surface area contributed by atoms with E-state index in [-0.39, 0.29) is 10.9 Å². The van der Waals surface area contributed by atoms with Crippen LogP contribution in [0.3, 0.4) is 0 Å². The molecule has 20 heavy (non-hydrogen) atoms. The molecule has 1 N–H and O–H groups in total. The number of hydrogen-bond donors (Lipinski definition) is 1. The van der Waals surface area contributed by atoms with Crippen LogP contribution in [0.4, 0.5) is 13.2 Å². The fourth-order valence-electron chi connectivity index (χ4n) is 1.31. The lowest BCUT2D eigenvalue weighted by atomic mass is 10.3. The van der Waals surface area contributed by atoms with Gasteiger partial charge in [-0.25, -0.2) is 9.97 Å². The highest BCUT2D eigenvalue weighted by Gasteiger charge is 2.34. The number of aromatic nitrogens is 2. The van der Waals surface area contributed by atoms with Crippen LogP contribution in [-0.2, 0) is 11.0 Å². The fraction of sp³-hybridized carbons (Fsp3) is 0.182. The van der Waals surface area contributed by atoms with E-state index in [9.17, 15) is 18.0 Å². The van der Waals surface area contributed by atoms with Crippen molar-refractivity contribution in [1.82, 2.24) is 9.97 Å². The Bertz CT molecular complexity index is 615. The maximum atomic E-state index is 12.8. The van der Waals surface area contributed by atoms with Gasteiger partial charge in [0.25, 0.3) is 0 Å². The van der Waals surface area contributed by atoms with Gasteiger partial charge in [0.1, 0.15) is 5.69 Å². The Balaban J connectivity index is 2.42. The molecule has 0 saturated heterocycles. The van der Waals surface area contributed by atoms with Crippen molar-refractivity contribution < 1.29 is 23.1 Å². The van der Waals surface area contributed by atoms with Crippen LogP contribution in [0.5, 0.6) is 0 Å². The molecular formula is C11H7F3N2O2S2. The van der Waals surface area contributed by atoms with Gasteiger partial charge in [-0.05, 0) is 17.5 Å². The first kappa shape index (κ1) is 14.8. The zero-order chi connectivity index (χ0) is 14.8. The van der Waals surface area contributed by atoms with Crippen LogP contribution in [0, 0.1) is 0 Å². The summed E-state index contributed by atoms with van der Waals surface area (Å²) >= 11 is 1.90. The van der Waals surface area contributed by atoms with Gasteiger partial charge in [0.2, 0.25) is 0 Å². The number of alkyl halides is 3. The Morgan fingerprint density at radius 3 is 2.70 bits per heavy atom. The topological polar surface area (TPSA) is 63.1 Å². The molecule has 106 valence electrons. The number of thiophene rings is 1. The smallest absolute Gasteiger partial charge is 0.433 e. The lowest BCUT2D eigenvalue weighted by molar-refractivity contribution is -0.141. The summed E-state index contributed by atoms with van der Waals surface area (Å²) in [5.41, 5.74) is -0.945. The van der Waals surface area contributed by atoms with Crippen LogP contribution in [0.15, 0.2) is 28.7 Å². The average molecular weight is 320 g/mol. The van der Waals surface area contributed by atoms with Crippen LogP contribution < -0.4 is 0 Å². The molecule has 0 aliphatic heterocycles. The summed E-state index contributed by atoms with van der Waals surface area (Å²) in [6, 6.07) is 4.19. The highest BCUT2D eigenvalue weighted by Crippen LogP contribution is 2.33. The number of nitrogens with zero attached hydrogens (tertiary/aromatic N) is 2. The number of carbonyl (C=O) groups is 1. The second kappa shape index (κ2) is 5.80. The van der Waals surface area contributed by atoms with Crippen LogP contribution in [0.2, 0.25) is 0 Å². The van der Waals surface area contributed by atoms with E-state index in [1.807, 2.05) is 0 Å². The molecule has 2 heterocycles. The highest BCUT2D eigenvalue weighted by atomic mass is 32.2. The molecule has 0 saturated carbocycles. The van der Waals surface area contributed by atoms with Crippen LogP contribution in [0.1, 0.15) is 5.69 Å². The van der Waals surface area contributed by atoms with Crippen LogP contribution >= 0.6 is 23.1 Å². The zero-order valence-corrected chi connectivity index (χ0v) is 11.3. The van der Waals surface area contributed by atoms with Gasteiger partial charge >= 0.3 is 12.1 Å². The summed E-state index contributed by atoms with van der Waals surface area (Å²) < 4.78 is 38.3. The molecule has 0 spiro atoms. The summed E-state index contributed by atoms with van der Waals surface area (Å²) in [6.45, 7) is 0. The molecule has 2 rings (SSSR count). The van der Waals surface area contributed by atoms with E-state index in [4.69, 9.17) is 5.11 Å². The van der Waals surface area contributed by atoms with Gasteiger partial charge in [-0.2, -0.15) is 13.2 Å². The van der Waals surface area contributed by atoms with E-state index in [1.165, 1.54) is 11.3 Å². The fourth-order valence-corrected chi connectivity index (χ4v) is 2.58. The van der Waals surface area contributed by atoms with E-state index in [1.54, 1.807) is 17.5 Å². The summed E-state index contributed by atoms with van der Waals surface area (Å²) in [6.07, 6.45) is -4.60. The number of thioether (sulfide) groups is 1. The molecule has 4 nitrogen and oxygen atoms in total. The Kier molecular flexibility index (Phi) is 4.29. The van der Waals surface area contributed by atoms with Gasteiger partial charge < -0.3 is 5.11 Å². The minimum atomic E-state index is -4.60.